The second kappa shape index (κ2) is 32.3. The van der Waals surface area contributed by atoms with Crippen LogP contribution >= 0.6 is 0 Å². The third-order valence-corrected chi connectivity index (χ3v) is 7.30. The van der Waals surface area contributed by atoms with Crippen molar-refractivity contribution in [1.82, 2.24) is 26.2 Å². The van der Waals surface area contributed by atoms with Crippen LogP contribution < -0.4 is 27.0 Å². The fraction of sp³-hybridized carbons (Fsp3) is 0.938. The zero-order valence-electron chi connectivity index (χ0n) is 26.6. The van der Waals surface area contributed by atoms with Gasteiger partial charge in [-0.05, 0) is 104 Å². The van der Waals surface area contributed by atoms with Crippen molar-refractivity contribution >= 4 is 11.8 Å². The van der Waals surface area contributed by atoms with Gasteiger partial charge in [-0.1, -0.05) is 65.2 Å². The van der Waals surface area contributed by atoms with E-state index in [1.807, 2.05) is 0 Å². The van der Waals surface area contributed by atoms with Crippen molar-refractivity contribution in [2.24, 2.45) is 5.73 Å². The molecule has 2 amide bonds. The van der Waals surface area contributed by atoms with Crippen molar-refractivity contribution in [3.63, 3.8) is 0 Å². The van der Waals surface area contributed by atoms with Gasteiger partial charge in [0.1, 0.15) is 0 Å². The average Bonchev–Trinajstić information content (AvgIpc) is 2.95. The minimum absolute atomic E-state index is 0.194. The topological polar surface area (TPSA) is 112 Å². The van der Waals surface area contributed by atoms with Crippen LogP contribution in [-0.2, 0) is 9.59 Å². The third-order valence-electron chi connectivity index (χ3n) is 7.30. The van der Waals surface area contributed by atoms with Crippen LogP contribution in [0, 0.1) is 0 Å². The van der Waals surface area contributed by atoms with Gasteiger partial charge in [0, 0.05) is 25.9 Å². The first kappa shape index (κ1) is 38.8. The Kier molecular flexibility index (Phi) is 31.3. The molecule has 0 radical (unpaired) electrons. The van der Waals surface area contributed by atoms with Gasteiger partial charge in [-0.25, -0.2) is 0 Å². The number of hydrogen-bond acceptors (Lipinski definition) is 6. The average molecular weight is 569 g/mol. The van der Waals surface area contributed by atoms with E-state index in [4.69, 9.17) is 5.73 Å². The Labute approximate surface area is 248 Å². The normalized spacial score (nSPS) is 11.3. The Balaban J connectivity index is 4.12. The summed E-state index contributed by atoms with van der Waals surface area (Å²) >= 11 is 0. The Morgan fingerprint density at radius 3 is 1.35 bits per heavy atom. The largest absolute Gasteiger partial charge is 0.356 e. The van der Waals surface area contributed by atoms with Gasteiger partial charge in [-0.15, -0.1) is 0 Å². The lowest BCUT2D eigenvalue weighted by molar-refractivity contribution is -0.122. The van der Waals surface area contributed by atoms with Gasteiger partial charge in [0.25, 0.3) is 0 Å². The molecular weight excluding hydrogens is 500 g/mol. The molecule has 238 valence electrons. The molecule has 40 heavy (non-hydrogen) atoms. The van der Waals surface area contributed by atoms with Crippen molar-refractivity contribution in [3.05, 3.63) is 0 Å². The van der Waals surface area contributed by atoms with Gasteiger partial charge in [0.15, 0.2) is 0 Å². The number of nitrogens with two attached hydrogens (primary N) is 1. The summed E-state index contributed by atoms with van der Waals surface area (Å²) in [6.45, 7) is 13.9. The quantitative estimate of drug-likeness (QED) is 0.0751. The van der Waals surface area contributed by atoms with E-state index in [-0.39, 0.29) is 11.8 Å². The van der Waals surface area contributed by atoms with Crippen LogP contribution in [0.3, 0.4) is 0 Å². The molecule has 0 saturated carbocycles. The maximum absolute atomic E-state index is 12.1. The highest BCUT2D eigenvalue weighted by Crippen LogP contribution is 2.06. The van der Waals surface area contributed by atoms with E-state index in [9.17, 15) is 9.59 Å². The van der Waals surface area contributed by atoms with Gasteiger partial charge in [0.05, 0.1) is 0 Å². The van der Waals surface area contributed by atoms with Crippen molar-refractivity contribution in [3.8, 4) is 0 Å². The minimum Gasteiger partial charge on any atom is -0.356 e. The number of hydrogen-bond donors (Lipinski definition) is 5. The number of nitrogens with one attached hydrogen (secondary N) is 4. The van der Waals surface area contributed by atoms with E-state index in [1.54, 1.807) is 0 Å². The predicted molar refractivity (Wildman–Crippen MR) is 172 cm³/mol. The van der Waals surface area contributed by atoms with E-state index < -0.39 is 0 Å². The standard InChI is InChI=1S/C32H68N6O2/c1-3-5-7-9-11-19-31(39)36-26-17-29-38(28-16-25-35-23-14-13-22-34-24-15-21-33)30-18-27-37-32(40)20-12-10-8-6-4-2/h34-35H,3-30,33H2,1-2H3,(H,36,39)(H,37,40). The highest BCUT2D eigenvalue weighted by atomic mass is 16.2. The first-order valence-electron chi connectivity index (χ1n) is 17.0. The molecule has 0 heterocycles. The first-order chi connectivity index (χ1) is 19.6. The summed E-state index contributed by atoms with van der Waals surface area (Å²) in [4.78, 5) is 26.7. The molecule has 0 aromatic heterocycles. The fourth-order valence-electron chi connectivity index (χ4n) is 4.76. The minimum atomic E-state index is 0.194. The van der Waals surface area contributed by atoms with E-state index in [0.29, 0.717) is 12.8 Å². The molecule has 0 aromatic rings. The van der Waals surface area contributed by atoms with Gasteiger partial charge in [-0.2, -0.15) is 0 Å². The van der Waals surface area contributed by atoms with Crippen LogP contribution in [0.2, 0.25) is 0 Å². The summed E-state index contributed by atoms with van der Waals surface area (Å²) in [6.07, 6.45) is 19.6. The number of carbonyl (C=O) groups excluding carboxylic acids is 2. The summed E-state index contributed by atoms with van der Waals surface area (Å²) in [5, 5.41) is 13.2. The van der Waals surface area contributed by atoms with Gasteiger partial charge < -0.3 is 31.9 Å². The second-order valence-corrected chi connectivity index (χ2v) is 11.3. The Morgan fingerprint density at radius 2 is 0.900 bits per heavy atom. The molecule has 8 heteroatoms. The lowest BCUT2D eigenvalue weighted by Gasteiger charge is -2.22. The highest BCUT2D eigenvalue weighted by molar-refractivity contribution is 5.76. The number of amides is 2. The molecule has 0 aliphatic carbocycles. The SMILES string of the molecule is CCCCCCCC(=O)NCCCN(CCCNCCCCNCCCN)CCCNC(=O)CCCCCCC. The molecular formula is C32H68N6O2. The van der Waals surface area contributed by atoms with Gasteiger partial charge >= 0.3 is 0 Å². The Hall–Kier alpha value is -1.22. The van der Waals surface area contributed by atoms with Crippen molar-refractivity contribution < 1.29 is 9.59 Å². The first-order valence-corrected chi connectivity index (χ1v) is 17.0. The fourth-order valence-corrected chi connectivity index (χ4v) is 4.76. The van der Waals surface area contributed by atoms with Gasteiger partial charge in [0.2, 0.25) is 11.8 Å². The molecule has 0 saturated heterocycles. The summed E-state index contributed by atoms with van der Waals surface area (Å²) in [5.74, 6) is 0.387. The maximum atomic E-state index is 12.1. The number of rotatable bonds is 32. The molecule has 0 fully saturated rings. The summed E-state index contributed by atoms with van der Waals surface area (Å²) < 4.78 is 0. The van der Waals surface area contributed by atoms with Crippen LogP contribution in [-0.4, -0.2) is 82.2 Å². The third kappa shape index (κ3) is 29.8. The van der Waals surface area contributed by atoms with Crippen LogP contribution in [0.4, 0.5) is 0 Å². The Bertz CT molecular complexity index is 515. The van der Waals surface area contributed by atoms with E-state index >= 15 is 0 Å². The number of unbranched alkanes of at least 4 members (excludes halogenated alkanes) is 9. The van der Waals surface area contributed by atoms with E-state index in [2.05, 4.69) is 40.0 Å². The van der Waals surface area contributed by atoms with Crippen molar-refractivity contribution in [2.45, 2.75) is 129 Å². The van der Waals surface area contributed by atoms with Crippen molar-refractivity contribution in [2.75, 3.05) is 65.4 Å². The molecule has 6 N–H and O–H groups in total. The lowest BCUT2D eigenvalue weighted by atomic mass is 10.1. The molecule has 0 rings (SSSR count). The van der Waals surface area contributed by atoms with Crippen LogP contribution in [0.5, 0.6) is 0 Å². The van der Waals surface area contributed by atoms with Crippen LogP contribution in [0.15, 0.2) is 0 Å². The smallest absolute Gasteiger partial charge is 0.219 e. The molecule has 0 atom stereocenters. The van der Waals surface area contributed by atoms with E-state index in [0.717, 1.165) is 117 Å². The molecule has 0 aromatic carbocycles. The van der Waals surface area contributed by atoms with Crippen LogP contribution in [0.25, 0.3) is 0 Å². The maximum Gasteiger partial charge on any atom is 0.219 e. The zero-order chi connectivity index (χ0) is 29.4. The zero-order valence-corrected chi connectivity index (χ0v) is 26.6. The van der Waals surface area contributed by atoms with Crippen molar-refractivity contribution in [1.29, 1.82) is 0 Å². The summed E-state index contributed by atoms with van der Waals surface area (Å²) in [5.41, 5.74) is 5.52. The number of nitrogens with zero attached hydrogens (tertiary/aromatic N) is 1. The Morgan fingerprint density at radius 1 is 0.500 bits per heavy atom. The summed E-state index contributed by atoms with van der Waals surface area (Å²) in [6, 6.07) is 0. The van der Waals surface area contributed by atoms with Crippen LogP contribution in [0.1, 0.15) is 129 Å². The summed E-state index contributed by atoms with van der Waals surface area (Å²) in [7, 11) is 0. The molecule has 0 aliphatic heterocycles. The predicted octanol–water partition coefficient (Wildman–Crippen LogP) is 4.72. The monoisotopic (exact) mass is 569 g/mol. The molecule has 0 unspecified atom stereocenters. The molecule has 0 bridgehead atoms. The highest BCUT2D eigenvalue weighted by Gasteiger charge is 2.07. The molecule has 8 nitrogen and oxygen atoms in total. The van der Waals surface area contributed by atoms with Gasteiger partial charge in [-0.3, -0.25) is 9.59 Å². The lowest BCUT2D eigenvalue weighted by Crippen LogP contribution is -2.34. The number of carbonyl (C=O) groups is 2. The second-order valence-electron chi connectivity index (χ2n) is 11.3. The molecule has 0 spiro atoms. The van der Waals surface area contributed by atoms with E-state index in [1.165, 1.54) is 51.4 Å². The molecule has 0 aliphatic rings.